The van der Waals surface area contributed by atoms with Crippen molar-refractivity contribution in [1.82, 2.24) is 10.2 Å². The summed E-state index contributed by atoms with van der Waals surface area (Å²) in [5.74, 6) is 1.12. The first-order chi connectivity index (χ1) is 8.74. The molecule has 106 valence electrons. The molecule has 0 radical (unpaired) electrons. The molecule has 0 saturated carbocycles. The van der Waals surface area contributed by atoms with E-state index in [1.807, 2.05) is 0 Å². The molecular formula is C14H20BrClN2O. The van der Waals surface area contributed by atoms with Gasteiger partial charge in [0.15, 0.2) is 0 Å². The van der Waals surface area contributed by atoms with Gasteiger partial charge >= 0.3 is 0 Å². The number of likely N-dealkylation sites (N-methyl/N-ethyl adjacent to an activating group) is 1. The van der Waals surface area contributed by atoms with Gasteiger partial charge in [0.05, 0.1) is 6.61 Å². The Balaban J connectivity index is 0.00000133. The minimum Gasteiger partial charge on any atom is -0.493 e. The Morgan fingerprint density at radius 1 is 1.47 bits per heavy atom. The second-order valence-electron chi connectivity index (χ2n) is 5.21. The van der Waals surface area contributed by atoms with E-state index < -0.39 is 0 Å². The van der Waals surface area contributed by atoms with Crippen molar-refractivity contribution in [2.75, 3.05) is 26.7 Å². The number of ether oxygens (including phenoxy) is 1. The van der Waals surface area contributed by atoms with Crippen LogP contribution in [0.15, 0.2) is 16.6 Å². The molecule has 0 spiro atoms. The largest absolute Gasteiger partial charge is 0.493 e. The van der Waals surface area contributed by atoms with Crippen LogP contribution in [0.4, 0.5) is 0 Å². The number of halogens is 2. The first-order valence-electron chi connectivity index (χ1n) is 6.59. The molecule has 3 rings (SSSR count). The first-order valence-corrected chi connectivity index (χ1v) is 7.38. The lowest BCUT2D eigenvalue weighted by atomic mass is 10.1. The molecule has 1 unspecified atom stereocenters. The van der Waals surface area contributed by atoms with Gasteiger partial charge in [0.1, 0.15) is 5.75 Å². The number of benzene rings is 1. The summed E-state index contributed by atoms with van der Waals surface area (Å²) in [6, 6.07) is 5.03. The summed E-state index contributed by atoms with van der Waals surface area (Å²) in [6.07, 6.45) is 2.28. The van der Waals surface area contributed by atoms with E-state index in [0.717, 1.165) is 38.4 Å². The summed E-state index contributed by atoms with van der Waals surface area (Å²) in [6.45, 7) is 4.04. The molecule has 1 N–H and O–H groups in total. The standard InChI is InChI=1S/C14H19BrN2O.ClH/c1-17(13-2-4-16-8-13)9-11-7-12(15)6-10-3-5-18-14(10)11;/h6-7,13,16H,2-5,8-9H2,1H3;1H. The van der Waals surface area contributed by atoms with Crippen LogP contribution >= 0.6 is 28.3 Å². The molecular weight excluding hydrogens is 328 g/mol. The molecule has 0 bridgehead atoms. The van der Waals surface area contributed by atoms with Crippen molar-refractivity contribution < 1.29 is 4.74 Å². The van der Waals surface area contributed by atoms with Crippen LogP contribution in [0.5, 0.6) is 5.75 Å². The Kier molecular flexibility index (Phi) is 5.12. The minimum atomic E-state index is 0. The van der Waals surface area contributed by atoms with Gasteiger partial charge in [0.25, 0.3) is 0 Å². The summed E-state index contributed by atoms with van der Waals surface area (Å²) in [5.41, 5.74) is 2.66. The molecule has 1 aromatic carbocycles. The highest BCUT2D eigenvalue weighted by Crippen LogP contribution is 2.33. The zero-order valence-corrected chi connectivity index (χ0v) is 13.5. The molecule has 1 atom stereocenters. The van der Waals surface area contributed by atoms with E-state index >= 15 is 0 Å². The van der Waals surface area contributed by atoms with Crippen molar-refractivity contribution >= 4 is 28.3 Å². The highest BCUT2D eigenvalue weighted by Gasteiger charge is 2.22. The fourth-order valence-corrected chi connectivity index (χ4v) is 3.43. The van der Waals surface area contributed by atoms with Gasteiger partial charge in [-0.15, -0.1) is 12.4 Å². The van der Waals surface area contributed by atoms with Crippen molar-refractivity contribution in [3.63, 3.8) is 0 Å². The van der Waals surface area contributed by atoms with E-state index in [4.69, 9.17) is 4.74 Å². The van der Waals surface area contributed by atoms with Crippen molar-refractivity contribution in [3.8, 4) is 5.75 Å². The van der Waals surface area contributed by atoms with Gasteiger partial charge in [-0.3, -0.25) is 4.90 Å². The van der Waals surface area contributed by atoms with Crippen LogP contribution in [0.25, 0.3) is 0 Å². The van der Waals surface area contributed by atoms with Crippen LogP contribution in [0, 0.1) is 0 Å². The highest BCUT2D eigenvalue weighted by atomic mass is 79.9. The van der Waals surface area contributed by atoms with E-state index in [-0.39, 0.29) is 12.4 Å². The Bertz CT molecular complexity index is 449. The van der Waals surface area contributed by atoms with E-state index in [2.05, 4.69) is 45.3 Å². The van der Waals surface area contributed by atoms with E-state index in [1.165, 1.54) is 22.0 Å². The second kappa shape index (κ2) is 6.44. The van der Waals surface area contributed by atoms with Crippen LogP contribution in [0.3, 0.4) is 0 Å². The minimum absolute atomic E-state index is 0. The van der Waals surface area contributed by atoms with Crippen LogP contribution in [0.1, 0.15) is 17.5 Å². The lowest BCUT2D eigenvalue weighted by molar-refractivity contribution is 0.244. The number of nitrogens with one attached hydrogen (secondary N) is 1. The summed E-state index contributed by atoms with van der Waals surface area (Å²) in [4.78, 5) is 2.43. The molecule has 5 heteroatoms. The van der Waals surface area contributed by atoms with Crippen LogP contribution in [0.2, 0.25) is 0 Å². The van der Waals surface area contributed by atoms with E-state index in [0.29, 0.717) is 6.04 Å². The predicted octanol–water partition coefficient (Wildman–Crippen LogP) is 2.60. The summed E-state index contributed by atoms with van der Waals surface area (Å²) in [5, 5.41) is 3.42. The second-order valence-corrected chi connectivity index (χ2v) is 6.13. The Morgan fingerprint density at radius 2 is 2.32 bits per heavy atom. The zero-order valence-electron chi connectivity index (χ0n) is 11.1. The quantitative estimate of drug-likeness (QED) is 0.909. The Labute approximate surface area is 129 Å². The fourth-order valence-electron chi connectivity index (χ4n) is 2.88. The Morgan fingerprint density at radius 3 is 3.05 bits per heavy atom. The maximum Gasteiger partial charge on any atom is 0.127 e. The summed E-state index contributed by atoms with van der Waals surface area (Å²) in [7, 11) is 2.21. The molecule has 0 aromatic heterocycles. The van der Waals surface area contributed by atoms with Crippen LogP contribution in [-0.4, -0.2) is 37.7 Å². The monoisotopic (exact) mass is 346 g/mol. The van der Waals surface area contributed by atoms with E-state index in [1.54, 1.807) is 0 Å². The molecule has 19 heavy (non-hydrogen) atoms. The van der Waals surface area contributed by atoms with Gasteiger partial charge in [0, 0.05) is 35.6 Å². The molecule has 0 amide bonds. The average Bonchev–Trinajstić information content (AvgIpc) is 2.98. The molecule has 3 nitrogen and oxygen atoms in total. The van der Waals surface area contributed by atoms with Gasteiger partial charge in [-0.2, -0.15) is 0 Å². The van der Waals surface area contributed by atoms with Crippen LogP contribution in [-0.2, 0) is 13.0 Å². The highest BCUT2D eigenvalue weighted by molar-refractivity contribution is 9.10. The van der Waals surface area contributed by atoms with Crippen LogP contribution < -0.4 is 10.1 Å². The third kappa shape index (κ3) is 3.24. The predicted molar refractivity (Wildman–Crippen MR) is 83.3 cm³/mol. The lowest BCUT2D eigenvalue weighted by Crippen LogP contribution is -2.32. The van der Waals surface area contributed by atoms with Crippen molar-refractivity contribution in [1.29, 1.82) is 0 Å². The van der Waals surface area contributed by atoms with Crippen molar-refractivity contribution in [3.05, 3.63) is 27.7 Å². The Hall–Kier alpha value is -0.290. The van der Waals surface area contributed by atoms with Crippen molar-refractivity contribution in [2.24, 2.45) is 0 Å². The third-order valence-electron chi connectivity index (χ3n) is 3.90. The fraction of sp³-hybridized carbons (Fsp3) is 0.571. The maximum atomic E-state index is 5.78. The van der Waals surface area contributed by atoms with Crippen molar-refractivity contribution in [2.45, 2.75) is 25.4 Å². The number of fused-ring (bicyclic) bond motifs is 1. The van der Waals surface area contributed by atoms with E-state index in [9.17, 15) is 0 Å². The molecule has 2 heterocycles. The smallest absolute Gasteiger partial charge is 0.127 e. The SMILES string of the molecule is CN(Cc1cc(Br)cc2c1OCC2)C1CCNC1.Cl. The number of hydrogen-bond donors (Lipinski definition) is 1. The lowest BCUT2D eigenvalue weighted by Gasteiger charge is -2.24. The average molecular weight is 348 g/mol. The van der Waals surface area contributed by atoms with Gasteiger partial charge in [-0.05, 0) is 37.7 Å². The topological polar surface area (TPSA) is 24.5 Å². The van der Waals surface area contributed by atoms with Gasteiger partial charge in [-0.1, -0.05) is 15.9 Å². The number of rotatable bonds is 3. The maximum absolute atomic E-state index is 5.78. The third-order valence-corrected chi connectivity index (χ3v) is 4.36. The van der Waals surface area contributed by atoms with Gasteiger partial charge in [-0.25, -0.2) is 0 Å². The summed E-state index contributed by atoms with van der Waals surface area (Å²) >= 11 is 3.60. The summed E-state index contributed by atoms with van der Waals surface area (Å²) < 4.78 is 6.95. The van der Waals surface area contributed by atoms with Gasteiger partial charge in [0.2, 0.25) is 0 Å². The first kappa shape index (κ1) is 15.1. The normalized spacial score (nSPS) is 21.1. The molecule has 1 fully saturated rings. The zero-order chi connectivity index (χ0) is 12.5. The molecule has 1 aromatic rings. The number of nitrogens with zero attached hydrogens (tertiary/aromatic N) is 1. The molecule has 2 aliphatic heterocycles. The number of hydrogen-bond acceptors (Lipinski definition) is 3. The van der Waals surface area contributed by atoms with Gasteiger partial charge < -0.3 is 10.1 Å². The molecule has 1 saturated heterocycles. The molecule has 0 aliphatic carbocycles. The molecule has 2 aliphatic rings.